The summed E-state index contributed by atoms with van der Waals surface area (Å²) in [5.41, 5.74) is 0.796. The zero-order chi connectivity index (χ0) is 19.0. The van der Waals surface area contributed by atoms with E-state index in [-0.39, 0.29) is 29.4 Å². The fourth-order valence-electron chi connectivity index (χ4n) is 5.05. The van der Waals surface area contributed by atoms with Gasteiger partial charge in [0.15, 0.2) is 0 Å². The number of aryl methyl sites for hydroxylation is 1. The highest BCUT2D eigenvalue weighted by Crippen LogP contribution is 2.42. The van der Waals surface area contributed by atoms with E-state index in [0.29, 0.717) is 12.0 Å². The highest BCUT2D eigenvalue weighted by molar-refractivity contribution is 5.93. The van der Waals surface area contributed by atoms with E-state index in [9.17, 15) is 14.7 Å². The molecule has 27 heavy (non-hydrogen) atoms. The smallest absolute Gasteiger partial charge is 0.257 e. The molecule has 0 radical (unpaired) electrons. The number of nitrogens with zero attached hydrogens (tertiary/aromatic N) is 4. The second-order valence-electron chi connectivity index (χ2n) is 8.68. The van der Waals surface area contributed by atoms with Gasteiger partial charge in [0.25, 0.3) is 5.91 Å². The predicted molar refractivity (Wildman–Crippen MR) is 100.0 cm³/mol. The molecular weight excluding hydrogens is 344 g/mol. The number of aliphatic hydroxyl groups excluding tert-OH is 1. The Kier molecular flexibility index (Phi) is 4.97. The molecule has 1 aliphatic carbocycles. The topological polar surface area (TPSA) is 78.7 Å². The van der Waals surface area contributed by atoms with Gasteiger partial charge in [-0.25, -0.2) is 0 Å². The van der Waals surface area contributed by atoms with E-state index >= 15 is 0 Å². The Labute approximate surface area is 160 Å². The maximum Gasteiger partial charge on any atom is 0.257 e. The lowest BCUT2D eigenvalue weighted by Crippen LogP contribution is -2.55. The van der Waals surface area contributed by atoms with Gasteiger partial charge in [0, 0.05) is 45.3 Å². The Hall–Kier alpha value is -1.89. The van der Waals surface area contributed by atoms with Crippen LogP contribution in [0.5, 0.6) is 0 Å². The Bertz CT molecular complexity index is 700. The summed E-state index contributed by atoms with van der Waals surface area (Å²) in [5, 5.41) is 13.9. The number of hydrogen-bond donors (Lipinski definition) is 1. The van der Waals surface area contributed by atoms with Crippen LogP contribution >= 0.6 is 0 Å². The summed E-state index contributed by atoms with van der Waals surface area (Å²) in [6, 6.07) is 0.285. The van der Waals surface area contributed by atoms with Crippen LogP contribution in [0.4, 0.5) is 0 Å². The first-order valence-corrected chi connectivity index (χ1v) is 10.2. The van der Waals surface area contributed by atoms with E-state index in [1.807, 2.05) is 11.9 Å². The minimum Gasteiger partial charge on any atom is -0.393 e. The van der Waals surface area contributed by atoms with Crippen molar-refractivity contribution in [1.29, 1.82) is 0 Å². The Balaban J connectivity index is 1.38. The molecule has 0 aromatic carbocycles. The van der Waals surface area contributed by atoms with Crippen molar-refractivity contribution < 1.29 is 14.7 Å². The Morgan fingerprint density at radius 3 is 2.52 bits per heavy atom. The fourth-order valence-corrected chi connectivity index (χ4v) is 5.05. The number of likely N-dealkylation sites (tertiary alicyclic amines) is 2. The van der Waals surface area contributed by atoms with Crippen LogP contribution in [0.3, 0.4) is 0 Å². The van der Waals surface area contributed by atoms with Crippen molar-refractivity contribution in [2.45, 2.75) is 63.5 Å². The van der Waals surface area contributed by atoms with Crippen molar-refractivity contribution in [3.8, 4) is 0 Å². The molecule has 3 aliphatic rings. The molecule has 7 nitrogen and oxygen atoms in total. The van der Waals surface area contributed by atoms with Crippen molar-refractivity contribution in [3.63, 3.8) is 0 Å². The Morgan fingerprint density at radius 2 is 1.89 bits per heavy atom. The van der Waals surface area contributed by atoms with Gasteiger partial charge in [-0.05, 0) is 50.4 Å². The van der Waals surface area contributed by atoms with Crippen LogP contribution in [-0.2, 0) is 11.8 Å². The number of piperidine rings is 2. The monoisotopic (exact) mass is 374 g/mol. The summed E-state index contributed by atoms with van der Waals surface area (Å²) in [7, 11) is 1.82. The zero-order valence-electron chi connectivity index (χ0n) is 16.1. The van der Waals surface area contributed by atoms with E-state index in [0.717, 1.165) is 64.6 Å². The van der Waals surface area contributed by atoms with E-state index in [1.54, 1.807) is 17.1 Å². The summed E-state index contributed by atoms with van der Waals surface area (Å²) in [6.45, 7) is 2.32. The molecule has 2 amide bonds. The number of rotatable bonds is 2. The van der Waals surface area contributed by atoms with Crippen LogP contribution < -0.4 is 0 Å². The molecule has 148 valence electrons. The Morgan fingerprint density at radius 1 is 1.19 bits per heavy atom. The van der Waals surface area contributed by atoms with Crippen molar-refractivity contribution >= 4 is 11.8 Å². The molecule has 2 aliphatic heterocycles. The normalized spacial score (nSPS) is 28.6. The molecule has 1 aromatic rings. The lowest BCUT2D eigenvalue weighted by molar-refractivity contribution is -0.143. The van der Waals surface area contributed by atoms with Crippen LogP contribution in [0.25, 0.3) is 0 Å². The molecule has 0 atom stereocenters. The molecule has 1 N–H and O–H groups in total. The standard InChI is InChI=1S/C20H30N4O3/c1-22-13-15(12-21-22)19(27)23-10-8-20(9-11-23)7-6-18(26)24(14-20)16-2-4-17(25)5-3-16/h12-13,16-17,25H,2-11,14H2,1H3. The summed E-state index contributed by atoms with van der Waals surface area (Å²) in [5.74, 6) is 0.332. The summed E-state index contributed by atoms with van der Waals surface area (Å²) < 4.78 is 1.66. The van der Waals surface area contributed by atoms with Crippen LogP contribution in [0, 0.1) is 5.41 Å². The number of carbonyl (C=O) groups excluding carboxylic acids is 2. The van der Waals surface area contributed by atoms with Crippen LogP contribution in [0.2, 0.25) is 0 Å². The average Bonchev–Trinajstić information content (AvgIpc) is 3.11. The number of aromatic nitrogens is 2. The number of carbonyl (C=O) groups is 2. The third-order valence-corrected chi connectivity index (χ3v) is 6.87. The summed E-state index contributed by atoms with van der Waals surface area (Å²) >= 11 is 0. The first-order chi connectivity index (χ1) is 13.0. The van der Waals surface area contributed by atoms with E-state index in [2.05, 4.69) is 10.00 Å². The highest BCUT2D eigenvalue weighted by atomic mass is 16.3. The maximum absolute atomic E-state index is 12.7. The zero-order valence-corrected chi connectivity index (χ0v) is 16.1. The molecule has 3 fully saturated rings. The van der Waals surface area contributed by atoms with E-state index in [4.69, 9.17) is 0 Å². The average molecular weight is 374 g/mol. The lowest BCUT2D eigenvalue weighted by atomic mass is 9.71. The molecule has 7 heteroatoms. The van der Waals surface area contributed by atoms with Gasteiger partial charge in [0.1, 0.15) is 0 Å². The second kappa shape index (κ2) is 7.26. The second-order valence-corrected chi connectivity index (χ2v) is 8.68. The van der Waals surface area contributed by atoms with Crippen molar-refractivity contribution in [1.82, 2.24) is 19.6 Å². The summed E-state index contributed by atoms with van der Waals surface area (Å²) in [6.07, 6.45) is 10.1. The molecule has 4 rings (SSSR count). The van der Waals surface area contributed by atoms with Gasteiger partial charge in [-0.3, -0.25) is 14.3 Å². The highest BCUT2D eigenvalue weighted by Gasteiger charge is 2.44. The third-order valence-electron chi connectivity index (χ3n) is 6.87. The van der Waals surface area contributed by atoms with Gasteiger partial charge in [0.2, 0.25) is 5.91 Å². The maximum atomic E-state index is 12.7. The largest absolute Gasteiger partial charge is 0.393 e. The minimum absolute atomic E-state index is 0.0583. The van der Waals surface area contributed by atoms with Gasteiger partial charge in [0.05, 0.1) is 17.9 Å². The van der Waals surface area contributed by atoms with Crippen LogP contribution in [-0.4, -0.2) is 68.3 Å². The number of hydrogen-bond acceptors (Lipinski definition) is 4. The number of aliphatic hydroxyl groups is 1. The van der Waals surface area contributed by atoms with Gasteiger partial charge >= 0.3 is 0 Å². The molecule has 1 aromatic heterocycles. The molecular formula is C20H30N4O3. The third kappa shape index (κ3) is 3.74. The molecule has 0 unspecified atom stereocenters. The quantitative estimate of drug-likeness (QED) is 0.852. The lowest BCUT2D eigenvalue weighted by Gasteiger charge is -2.50. The fraction of sp³-hybridized carbons (Fsp3) is 0.750. The predicted octanol–water partition coefficient (Wildman–Crippen LogP) is 1.57. The molecule has 2 saturated heterocycles. The van der Waals surface area contributed by atoms with Gasteiger partial charge in [-0.15, -0.1) is 0 Å². The SMILES string of the molecule is Cn1cc(C(=O)N2CCC3(CCC(=O)N(C4CCC(O)CC4)C3)CC2)cn1. The van der Waals surface area contributed by atoms with Gasteiger partial charge < -0.3 is 14.9 Å². The first kappa shape index (κ1) is 18.5. The minimum atomic E-state index is -0.197. The molecule has 0 bridgehead atoms. The van der Waals surface area contributed by atoms with Crippen molar-refractivity contribution in [2.24, 2.45) is 12.5 Å². The van der Waals surface area contributed by atoms with Crippen LogP contribution in [0.15, 0.2) is 12.4 Å². The summed E-state index contributed by atoms with van der Waals surface area (Å²) in [4.78, 5) is 29.2. The first-order valence-electron chi connectivity index (χ1n) is 10.2. The van der Waals surface area contributed by atoms with Gasteiger partial charge in [-0.1, -0.05) is 0 Å². The van der Waals surface area contributed by atoms with E-state index < -0.39 is 0 Å². The van der Waals surface area contributed by atoms with E-state index in [1.165, 1.54) is 0 Å². The van der Waals surface area contributed by atoms with Gasteiger partial charge in [-0.2, -0.15) is 5.10 Å². The van der Waals surface area contributed by atoms with Crippen molar-refractivity contribution in [3.05, 3.63) is 18.0 Å². The van der Waals surface area contributed by atoms with Crippen molar-refractivity contribution in [2.75, 3.05) is 19.6 Å². The number of amides is 2. The molecule has 3 heterocycles. The molecule has 1 saturated carbocycles. The van der Waals surface area contributed by atoms with Crippen LogP contribution in [0.1, 0.15) is 61.7 Å². The molecule has 1 spiro atoms.